The first-order chi connectivity index (χ1) is 7.24. The Morgan fingerprint density at radius 2 is 2.00 bits per heavy atom. The van der Waals surface area contributed by atoms with Gasteiger partial charge in [-0.15, -0.1) is 0 Å². The average Bonchev–Trinajstić information content (AvgIpc) is 2.27. The number of hydrogen-bond acceptors (Lipinski definition) is 3. The molecule has 0 unspecified atom stereocenters. The maximum Gasteiger partial charge on any atom is 0.138 e. The first-order valence-corrected chi connectivity index (χ1v) is 5.88. The van der Waals surface area contributed by atoms with Gasteiger partial charge in [-0.3, -0.25) is 4.98 Å². The molecule has 0 spiro atoms. The Morgan fingerprint density at radius 1 is 1.33 bits per heavy atom. The summed E-state index contributed by atoms with van der Waals surface area (Å²) in [6.07, 6.45) is 5.34. The zero-order valence-corrected chi connectivity index (χ0v) is 10.8. The Labute approximate surface area is 99.6 Å². The van der Waals surface area contributed by atoms with Crippen molar-refractivity contribution in [1.82, 2.24) is 4.98 Å². The summed E-state index contributed by atoms with van der Waals surface area (Å²) in [5.74, 6) is 0.821. The molecule has 1 N–H and O–H groups in total. The van der Waals surface area contributed by atoms with Gasteiger partial charge in [0.1, 0.15) is 5.75 Å². The second kappa shape index (κ2) is 9.93. The molecule has 3 nitrogen and oxygen atoms in total. The second-order valence-corrected chi connectivity index (χ2v) is 3.83. The quantitative estimate of drug-likeness (QED) is 0.919. The van der Waals surface area contributed by atoms with Crippen LogP contribution in [0, 0.1) is 0 Å². The van der Waals surface area contributed by atoms with Gasteiger partial charge >= 0.3 is 0 Å². The van der Waals surface area contributed by atoms with E-state index in [2.05, 4.69) is 27.8 Å². The van der Waals surface area contributed by atoms with Crippen LogP contribution in [0.4, 0.5) is 0 Å². The first-order valence-electron chi connectivity index (χ1n) is 5.08. The van der Waals surface area contributed by atoms with E-state index in [1.54, 1.807) is 12.4 Å². The molecule has 0 aliphatic rings. The normalized spacial score (nSPS) is 9.07. The van der Waals surface area contributed by atoms with Crippen LogP contribution in [0.25, 0.3) is 0 Å². The van der Waals surface area contributed by atoms with Crippen molar-refractivity contribution < 1.29 is 9.84 Å². The molecule has 0 aliphatic carbocycles. The van der Waals surface area contributed by atoms with Crippen LogP contribution in [0.5, 0.6) is 5.75 Å². The summed E-state index contributed by atoms with van der Waals surface area (Å²) in [6.45, 7) is 5.07. The van der Waals surface area contributed by atoms with Crippen LogP contribution in [0.2, 0.25) is 0 Å². The van der Waals surface area contributed by atoms with Gasteiger partial charge in [-0.25, -0.2) is 0 Å². The predicted molar refractivity (Wildman–Crippen MR) is 65.1 cm³/mol. The lowest BCUT2D eigenvalue weighted by molar-refractivity contribution is 0.295. The van der Waals surface area contributed by atoms with Gasteiger partial charge in [-0.05, 0) is 34.8 Å². The Kier molecular flexibility index (Phi) is 9.52. The Balaban J connectivity index is 0.000000423. The van der Waals surface area contributed by atoms with Crippen molar-refractivity contribution >= 4 is 15.9 Å². The largest absolute Gasteiger partial charge is 0.492 e. The van der Waals surface area contributed by atoms with Gasteiger partial charge < -0.3 is 9.84 Å². The molecule has 1 aromatic rings. The summed E-state index contributed by atoms with van der Waals surface area (Å²) < 4.78 is 6.29. The number of aromatic nitrogens is 1. The minimum atomic E-state index is 0.319. The fourth-order valence-corrected chi connectivity index (χ4v) is 1.04. The standard InChI is InChI=1S/C8H10BrNO.C3H8O/c1-2-3-11-8-4-7(9)5-10-6-8;1-2-3-4/h4-6H,2-3H2,1H3;4H,2-3H2,1H3. The first kappa shape index (κ1) is 14.4. The molecule has 0 aliphatic heterocycles. The predicted octanol–water partition coefficient (Wildman–Crippen LogP) is 3.02. The number of halogens is 1. The highest BCUT2D eigenvalue weighted by Gasteiger charge is 1.92. The van der Waals surface area contributed by atoms with Crippen LogP contribution < -0.4 is 4.74 Å². The molecule has 1 rings (SSSR count). The van der Waals surface area contributed by atoms with Crippen LogP contribution in [0.1, 0.15) is 26.7 Å². The van der Waals surface area contributed by atoms with Crippen molar-refractivity contribution in [2.75, 3.05) is 13.2 Å². The molecule has 0 saturated heterocycles. The van der Waals surface area contributed by atoms with E-state index < -0.39 is 0 Å². The molecule has 0 amide bonds. The summed E-state index contributed by atoms with van der Waals surface area (Å²) >= 11 is 3.31. The number of aliphatic hydroxyl groups excluding tert-OH is 1. The fraction of sp³-hybridized carbons (Fsp3) is 0.545. The number of ether oxygens (including phenoxy) is 1. The zero-order chi connectivity index (χ0) is 11.5. The van der Waals surface area contributed by atoms with Gasteiger partial charge in [-0.2, -0.15) is 0 Å². The third-order valence-corrected chi connectivity index (χ3v) is 1.81. The van der Waals surface area contributed by atoms with Crippen molar-refractivity contribution in [1.29, 1.82) is 0 Å². The molecule has 0 atom stereocenters. The lowest BCUT2D eigenvalue weighted by Gasteiger charge is -2.02. The molecule has 15 heavy (non-hydrogen) atoms. The third-order valence-electron chi connectivity index (χ3n) is 1.38. The maximum absolute atomic E-state index is 7.88. The van der Waals surface area contributed by atoms with Crippen molar-refractivity contribution in [3.63, 3.8) is 0 Å². The van der Waals surface area contributed by atoms with Crippen LogP contribution in [-0.2, 0) is 0 Å². The molecular weight excluding hydrogens is 258 g/mol. The lowest BCUT2D eigenvalue weighted by atomic mass is 10.4. The number of hydrogen-bond donors (Lipinski definition) is 1. The minimum Gasteiger partial charge on any atom is -0.492 e. The number of nitrogens with zero attached hydrogens (tertiary/aromatic N) is 1. The number of aliphatic hydroxyl groups is 1. The molecule has 0 fully saturated rings. The van der Waals surface area contributed by atoms with Crippen LogP contribution in [0.15, 0.2) is 22.9 Å². The maximum atomic E-state index is 7.88. The van der Waals surface area contributed by atoms with E-state index in [-0.39, 0.29) is 0 Å². The van der Waals surface area contributed by atoms with Crippen LogP contribution >= 0.6 is 15.9 Å². The molecule has 0 bridgehead atoms. The Bertz CT molecular complexity index is 254. The molecule has 1 aromatic heterocycles. The molecule has 0 radical (unpaired) electrons. The summed E-state index contributed by atoms with van der Waals surface area (Å²) in [4.78, 5) is 3.97. The summed E-state index contributed by atoms with van der Waals surface area (Å²) in [5, 5.41) is 7.88. The van der Waals surface area contributed by atoms with Crippen molar-refractivity contribution in [3.8, 4) is 5.75 Å². The number of rotatable bonds is 4. The molecule has 4 heteroatoms. The Hall–Kier alpha value is -0.610. The van der Waals surface area contributed by atoms with Gasteiger partial charge in [0.25, 0.3) is 0 Å². The second-order valence-electron chi connectivity index (χ2n) is 2.91. The monoisotopic (exact) mass is 275 g/mol. The SMILES string of the molecule is CCCO.CCCOc1cncc(Br)c1. The highest BCUT2D eigenvalue weighted by molar-refractivity contribution is 9.10. The van der Waals surface area contributed by atoms with Gasteiger partial charge in [0.05, 0.1) is 12.8 Å². The van der Waals surface area contributed by atoms with E-state index in [9.17, 15) is 0 Å². The summed E-state index contributed by atoms with van der Waals surface area (Å²) in [5.41, 5.74) is 0. The van der Waals surface area contributed by atoms with Crippen LogP contribution in [-0.4, -0.2) is 23.3 Å². The van der Waals surface area contributed by atoms with E-state index >= 15 is 0 Å². The van der Waals surface area contributed by atoms with E-state index in [0.717, 1.165) is 29.7 Å². The minimum absolute atomic E-state index is 0.319. The topological polar surface area (TPSA) is 42.4 Å². The van der Waals surface area contributed by atoms with Gasteiger partial charge in [0, 0.05) is 17.3 Å². The van der Waals surface area contributed by atoms with Crippen molar-refractivity contribution in [2.24, 2.45) is 0 Å². The van der Waals surface area contributed by atoms with E-state index in [1.807, 2.05) is 13.0 Å². The van der Waals surface area contributed by atoms with Gasteiger partial charge in [-0.1, -0.05) is 13.8 Å². The summed E-state index contributed by atoms with van der Waals surface area (Å²) in [6, 6.07) is 1.91. The molecule has 1 heterocycles. The lowest BCUT2D eigenvalue weighted by Crippen LogP contribution is -1.94. The van der Waals surface area contributed by atoms with Crippen LogP contribution in [0.3, 0.4) is 0 Å². The highest BCUT2D eigenvalue weighted by atomic mass is 79.9. The van der Waals surface area contributed by atoms with E-state index in [1.165, 1.54) is 0 Å². The third kappa shape index (κ3) is 8.39. The molecule has 86 valence electrons. The van der Waals surface area contributed by atoms with Crippen molar-refractivity contribution in [3.05, 3.63) is 22.9 Å². The van der Waals surface area contributed by atoms with Crippen molar-refractivity contribution in [2.45, 2.75) is 26.7 Å². The van der Waals surface area contributed by atoms with E-state index in [4.69, 9.17) is 9.84 Å². The smallest absolute Gasteiger partial charge is 0.138 e. The zero-order valence-electron chi connectivity index (χ0n) is 9.24. The van der Waals surface area contributed by atoms with Gasteiger partial charge in [0.2, 0.25) is 0 Å². The number of pyridine rings is 1. The molecule has 0 saturated carbocycles. The highest BCUT2D eigenvalue weighted by Crippen LogP contribution is 2.15. The average molecular weight is 276 g/mol. The van der Waals surface area contributed by atoms with E-state index in [0.29, 0.717) is 6.61 Å². The molecule has 0 aromatic carbocycles. The Morgan fingerprint density at radius 3 is 2.47 bits per heavy atom. The van der Waals surface area contributed by atoms with Gasteiger partial charge in [0.15, 0.2) is 0 Å². The fourth-order valence-electron chi connectivity index (χ4n) is 0.691. The summed E-state index contributed by atoms with van der Waals surface area (Å²) in [7, 11) is 0. The molecular formula is C11H18BrNO2.